The smallest absolute Gasteiger partial charge is 0.269 e. The molecule has 0 aliphatic rings. The quantitative estimate of drug-likeness (QED) is 0.233. The zero-order valence-corrected chi connectivity index (χ0v) is 17.8. The number of carbonyl (C=O) groups is 1. The predicted octanol–water partition coefficient (Wildman–Crippen LogP) is 5.64. The molecule has 1 aromatic heterocycles. The maximum Gasteiger partial charge on any atom is 0.269 e. The zero-order valence-electron chi connectivity index (χ0n) is 16.9. The Morgan fingerprint density at radius 3 is 2.58 bits per heavy atom. The van der Waals surface area contributed by atoms with Crippen molar-refractivity contribution >= 4 is 39.9 Å². The number of nitrogens with zero attached hydrogens (tertiary/aromatic N) is 2. The third-order valence-corrected chi connectivity index (χ3v) is 5.95. The number of nitro groups is 1. The van der Waals surface area contributed by atoms with E-state index in [-0.39, 0.29) is 17.3 Å². The van der Waals surface area contributed by atoms with Crippen molar-refractivity contribution in [2.45, 2.75) is 18.4 Å². The van der Waals surface area contributed by atoms with Gasteiger partial charge in [-0.1, -0.05) is 48.0 Å². The number of nitro benzene ring substituents is 1. The minimum atomic E-state index is -0.464. The molecule has 3 aromatic carbocycles. The van der Waals surface area contributed by atoms with E-state index >= 15 is 0 Å². The molecule has 0 radical (unpaired) electrons. The fourth-order valence-corrected chi connectivity index (χ4v) is 4.36. The Bertz CT molecular complexity index is 1250. The van der Waals surface area contributed by atoms with Gasteiger partial charge in [0.15, 0.2) is 0 Å². The van der Waals surface area contributed by atoms with Gasteiger partial charge in [0.25, 0.3) is 5.69 Å². The lowest BCUT2D eigenvalue weighted by atomic mass is 10.1. The highest BCUT2D eigenvalue weighted by atomic mass is 32.2. The average Bonchev–Trinajstić information content (AvgIpc) is 3.10. The Balaban J connectivity index is 1.47. The van der Waals surface area contributed by atoms with E-state index in [9.17, 15) is 14.9 Å². The summed E-state index contributed by atoms with van der Waals surface area (Å²) in [6, 6.07) is 22.4. The summed E-state index contributed by atoms with van der Waals surface area (Å²) in [7, 11) is 0. The normalized spacial score (nSPS) is 10.9. The second-order valence-corrected chi connectivity index (χ2v) is 8.29. The van der Waals surface area contributed by atoms with Crippen LogP contribution in [0.15, 0.2) is 83.9 Å². The van der Waals surface area contributed by atoms with Gasteiger partial charge in [-0.3, -0.25) is 14.9 Å². The summed E-state index contributed by atoms with van der Waals surface area (Å²) in [5.74, 6) is 0.0875. The molecule has 7 heteroatoms. The second kappa shape index (κ2) is 9.06. The molecular weight excluding hydrogens is 410 g/mol. The van der Waals surface area contributed by atoms with Gasteiger partial charge >= 0.3 is 0 Å². The Hall–Kier alpha value is -3.58. The number of hydrogen-bond donors (Lipinski definition) is 1. The Kier molecular flexibility index (Phi) is 6.04. The van der Waals surface area contributed by atoms with E-state index in [1.54, 1.807) is 0 Å². The predicted molar refractivity (Wildman–Crippen MR) is 125 cm³/mol. The van der Waals surface area contributed by atoms with Crippen molar-refractivity contribution in [3.63, 3.8) is 0 Å². The minimum absolute atomic E-state index is 0.00575. The molecule has 31 heavy (non-hydrogen) atoms. The van der Waals surface area contributed by atoms with Crippen molar-refractivity contribution < 1.29 is 9.72 Å². The molecule has 0 saturated heterocycles. The van der Waals surface area contributed by atoms with Crippen LogP contribution in [0.4, 0.5) is 11.4 Å². The van der Waals surface area contributed by atoms with Crippen LogP contribution in [0, 0.1) is 17.0 Å². The molecule has 4 rings (SSSR count). The molecule has 0 atom stereocenters. The van der Waals surface area contributed by atoms with E-state index < -0.39 is 4.92 Å². The summed E-state index contributed by atoms with van der Waals surface area (Å²) < 4.78 is 2.21. The number of non-ortho nitro benzene ring substituents is 1. The van der Waals surface area contributed by atoms with Crippen molar-refractivity contribution in [2.75, 3.05) is 11.1 Å². The third-order valence-electron chi connectivity index (χ3n) is 4.91. The number of rotatable bonds is 7. The van der Waals surface area contributed by atoms with Crippen LogP contribution in [0.1, 0.15) is 11.1 Å². The van der Waals surface area contributed by atoms with Gasteiger partial charge < -0.3 is 9.88 Å². The molecule has 0 bridgehead atoms. The number of nitrogens with one attached hydrogen (secondary N) is 1. The van der Waals surface area contributed by atoms with Gasteiger partial charge in [0.2, 0.25) is 5.91 Å². The first-order valence-corrected chi connectivity index (χ1v) is 10.8. The summed E-state index contributed by atoms with van der Waals surface area (Å²) >= 11 is 1.48. The maximum atomic E-state index is 12.4. The number of fused-ring (bicyclic) bond motifs is 1. The molecular formula is C24H21N3O3S. The topological polar surface area (TPSA) is 77.2 Å². The van der Waals surface area contributed by atoms with Crippen LogP contribution in [0.3, 0.4) is 0 Å². The fourth-order valence-electron chi connectivity index (χ4n) is 3.47. The first-order valence-electron chi connectivity index (χ1n) is 9.80. The number of hydrogen-bond acceptors (Lipinski definition) is 4. The first kappa shape index (κ1) is 20.7. The molecule has 156 valence electrons. The number of para-hydroxylation sites is 1. The Labute approximate surface area is 184 Å². The maximum absolute atomic E-state index is 12.4. The van der Waals surface area contributed by atoms with E-state index in [1.165, 1.54) is 47.2 Å². The van der Waals surface area contributed by atoms with Crippen LogP contribution in [0.25, 0.3) is 10.9 Å². The second-order valence-electron chi connectivity index (χ2n) is 7.27. The van der Waals surface area contributed by atoms with Gasteiger partial charge in [-0.15, -0.1) is 11.8 Å². The van der Waals surface area contributed by atoms with Crippen molar-refractivity contribution in [2.24, 2.45) is 0 Å². The van der Waals surface area contributed by atoms with Crippen LogP contribution in [0.5, 0.6) is 0 Å². The van der Waals surface area contributed by atoms with Gasteiger partial charge in [-0.2, -0.15) is 0 Å². The third kappa shape index (κ3) is 4.95. The van der Waals surface area contributed by atoms with Gasteiger partial charge in [0, 0.05) is 46.4 Å². The van der Waals surface area contributed by atoms with Crippen molar-refractivity contribution in [1.29, 1.82) is 0 Å². The number of anilines is 1. The monoisotopic (exact) mass is 431 g/mol. The summed E-state index contributed by atoms with van der Waals surface area (Å²) in [4.78, 5) is 23.7. The van der Waals surface area contributed by atoms with Gasteiger partial charge in [0.05, 0.1) is 10.7 Å². The van der Waals surface area contributed by atoms with Crippen molar-refractivity contribution in [1.82, 2.24) is 4.57 Å². The SMILES string of the molecule is Cc1cccc(Cn2cc(SCC(=O)Nc3ccc([N+](=O)[O-])cc3)c3ccccc32)c1. The van der Waals surface area contributed by atoms with Crippen LogP contribution in [-0.2, 0) is 11.3 Å². The van der Waals surface area contributed by atoms with Crippen LogP contribution in [-0.4, -0.2) is 21.2 Å². The van der Waals surface area contributed by atoms with Gasteiger partial charge in [0.1, 0.15) is 0 Å². The first-order chi connectivity index (χ1) is 15.0. The van der Waals surface area contributed by atoms with E-state index in [0.29, 0.717) is 5.69 Å². The summed E-state index contributed by atoms with van der Waals surface area (Å²) in [6.07, 6.45) is 2.09. The number of thioether (sulfide) groups is 1. The largest absolute Gasteiger partial charge is 0.342 e. The Morgan fingerprint density at radius 1 is 1.06 bits per heavy atom. The molecule has 4 aromatic rings. The lowest BCUT2D eigenvalue weighted by Gasteiger charge is -2.06. The van der Waals surface area contributed by atoms with E-state index in [0.717, 1.165) is 22.3 Å². The molecule has 0 saturated carbocycles. The molecule has 6 nitrogen and oxygen atoms in total. The molecule has 0 aliphatic carbocycles. The van der Waals surface area contributed by atoms with E-state index in [4.69, 9.17) is 0 Å². The molecule has 0 unspecified atom stereocenters. The Morgan fingerprint density at radius 2 is 1.84 bits per heavy atom. The van der Waals surface area contributed by atoms with Crippen molar-refractivity contribution in [3.8, 4) is 0 Å². The highest BCUT2D eigenvalue weighted by Gasteiger charge is 2.12. The summed E-state index contributed by atoms with van der Waals surface area (Å²) in [6.45, 7) is 2.85. The highest BCUT2D eigenvalue weighted by molar-refractivity contribution is 8.00. The van der Waals surface area contributed by atoms with E-state index in [2.05, 4.69) is 59.4 Å². The average molecular weight is 432 g/mol. The summed E-state index contributed by atoms with van der Waals surface area (Å²) in [5.41, 5.74) is 4.12. The molecule has 0 aliphatic heterocycles. The number of carbonyl (C=O) groups excluding carboxylic acids is 1. The van der Waals surface area contributed by atoms with Crippen LogP contribution < -0.4 is 5.32 Å². The van der Waals surface area contributed by atoms with Crippen LogP contribution in [0.2, 0.25) is 0 Å². The van der Waals surface area contributed by atoms with Crippen LogP contribution >= 0.6 is 11.8 Å². The molecule has 1 amide bonds. The molecule has 1 heterocycles. The minimum Gasteiger partial charge on any atom is -0.342 e. The number of aromatic nitrogens is 1. The lowest BCUT2D eigenvalue weighted by molar-refractivity contribution is -0.384. The van der Waals surface area contributed by atoms with E-state index in [1.807, 2.05) is 12.1 Å². The number of amides is 1. The molecule has 0 spiro atoms. The summed E-state index contributed by atoms with van der Waals surface area (Å²) in [5, 5.41) is 14.7. The highest BCUT2D eigenvalue weighted by Crippen LogP contribution is 2.30. The molecule has 0 fully saturated rings. The van der Waals surface area contributed by atoms with Gasteiger partial charge in [-0.05, 0) is 30.7 Å². The van der Waals surface area contributed by atoms with Gasteiger partial charge in [-0.25, -0.2) is 0 Å². The fraction of sp³-hybridized carbons (Fsp3) is 0.125. The number of benzene rings is 3. The molecule has 1 N–H and O–H groups in total. The zero-order chi connectivity index (χ0) is 21.8. The van der Waals surface area contributed by atoms with Crippen molar-refractivity contribution in [3.05, 3.63) is 100 Å². The lowest BCUT2D eigenvalue weighted by Crippen LogP contribution is -2.13. The number of aryl methyl sites for hydroxylation is 1. The standard InChI is InChI=1S/C24H21N3O3S/c1-17-5-4-6-18(13-17)14-26-15-23(21-7-2-3-8-22(21)26)31-16-24(28)25-19-9-11-20(12-10-19)27(29)30/h2-13,15H,14,16H2,1H3,(H,25,28).